The number of nitrogens with zero attached hydrogens (tertiary/aromatic N) is 1. The Balaban J connectivity index is 2.24. The number of carbonyl (C=O) groups excluding carboxylic acids is 1. The minimum absolute atomic E-state index is 0.0374. The van der Waals surface area contributed by atoms with Gasteiger partial charge in [0.25, 0.3) is 5.69 Å². The number of pyridine rings is 1. The van der Waals surface area contributed by atoms with Crippen LogP contribution in [0.3, 0.4) is 0 Å². The molecule has 0 spiro atoms. The first kappa shape index (κ1) is 14.9. The van der Waals surface area contributed by atoms with E-state index in [4.69, 9.17) is 17.0 Å². The number of carbonyl (C=O) groups is 1. The minimum atomic E-state index is -0.634. The van der Waals surface area contributed by atoms with Crippen LogP contribution < -0.4 is 0 Å². The van der Waals surface area contributed by atoms with E-state index in [0.29, 0.717) is 11.3 Å². The van der Waals surface area contributed by atoms with E-state index in [0.717, 1.165) is 0 Å². The topological polar surface area (TPSA) is 105 Å². The zero-order valence-electron chi connectivity index (χ0n) is 11.8. The van der Waals surface area contributed by atoms with Gasteiger partial charge in [-0.3, -0.25) is 10.1 Å². The predicted octanol–water partition coefficient (Wildman–Crippen LogP) is 3.33. The molecule has 2 N–H and O–H groups in total. The molecule has 2 heterocycles. The monoisotopic (exact) mass is 330 g/mol. The van der Waals surface area contributed by atoms with Gasteiger partial charge in [0.15, 0.2) is 0 Å². The fourth-order valence-electron chi connectivity index (χ4n) is 2.38. The highest BCUT2D eigenvalue weighted by molar-refractivity contribution is 7.71. The van der Waals surface area contributed by atoms with Crippen LogP contribution in [0.4, 0.5) is 5.69 Å². The van der Waals surface area contributed by atoms with Crippen molar-refractivity contribution in [2.45, 2.75) is 6.92 Å². The van der Waals surface area contributed by atoms with Crippen molar-refractivity contribution in [3.63, 3.8) is 0 Å². The number of ether oxygens (including phenoxy) is 1. The molecule has 23 heavy (non-hydrogen) atoms. The maximum absolute atomic E-state index is 12.0. The van der Waals surface area contributed by atoms with Crippen molar-refractivity contribution in [1.82, 2.24) is 4.98 Å². The van der Waals surface area contributed by atoms with E-state index < -0.39 is 10.9 Å². The molecular formula is C15H10N2O5S. The molecule has 3 rings (SSSR count). The summed E-state index contributed by atoms with van der Waals surface area (Å²) in [6, 6.07) is 5.60. The smallest absolute Gasteiger partial charge is 0.347 e. The first-order chi connectivity index (χ1) is 10.9. The Bertz CT molecular complexity index is 945. The Kier molecular flexibility index (Phi) is 3.45. The van der Waals surface area contributed by atoms with E-state index in [1.165, 1.54) is 24.3 Å². The van der Waals surface area contributed by atoms with Gasteiger partial charge in [0.1, 0.15) is 21.7 Å². The Morgan fingerprint density at radius 3 is 2.87 bits per heavy atom. The summed E-state index contributed by atoms with van der Waals surface area (Å²) in [7, 11) is 0. The van der Waals surface area contributed by atoms with Gasteiger partial charge < -0.3 is 14.8 Å². The highest BCUT2D eigenvalue weighted by Gasteiger charge is 2.29. The highest BCUT2D eigenvalue weighted by Crippen LogP contribution is 2.36. The molecule has 116 valence electrons. The van der Waals surface area contributed by atoms with Gasteiger partial charge in [-0.2, -0.15) is 0 Å². The van der Waals surface area contributed by atoms with Gasteiger partial charge >= 0.3 is 5.97 Å². The summed E-state index contributed by atoms with van der Waals surface area (Å²) < 4.78 is 5.40. The van der Waals surface area contributed by atoms with Crippen LogP contribution in [0.25, 0.3) is 11.8 Å². The van der Waals surface area contributed by atoms with Gasteiger partial charge in [-0.15, -0.1) is 0 Å². The van der Waals surface area contributed by atoms with E-state index in [1.54, 1.807) is 13.0 Å². The standard InChI is InChI=1S/C15H10N2O5S/c1-7-5-9-12(22-15(19)13(9)14(23)16-7)6-8-10(17(20)21)3-2-4-11(8)18/h2-6,18H,1H3,(H,16,23). The van der Waals surface area contributed by atoms with E-state index in [1.807, 2.05) is 0 Å². The van der Waals surface area contributed by atoms with Crippen molar-refractivity contribution in [1.29, 1.82) is 0 Å². The van der Waals surface area contributed by atoms with Gasteiger partial charge in [0, 0.05) is 17.3 Å². The number of phenols is 1. The lowest BCUT2D eigenvalue weighted by Crippen LogP contribution is -1.97. The van der Waals surface area contributed by atoms with Gasteiger partial charge in [-0.1, -0.05) is 18.3 Å². The molecule has 0 unspecified atom stereocenters. The third-order valence-electron chi connectivity index (χ3n) is 3.37. The van der Waals surface area contributed by atoms with E-state index >= 15 is 0 Å². The number of aromatic amines is 1. The molecule has 1 aromatic carbocycles. The van der Waals surface area contributed by atoms with Crippen molar-refractivity contribution in [3.8, 4) is 5.75 Å². The number of benzene rings is 1. The number of H-pyrrole nitrogens is 1. The SMILES string of the molecule is Cc1cc2c(c(=S)[nH]1)C(=O)OC2=Cc1c(O)cccc1[N+](=O)[O-]. The van der Waals surface area contributed by atoms with Gasteiger partial charge in [0.2, 0.25) is 0 Å². The zero-order chi connectivity index (χ0) is 16.7. The number of aromatic hydroxyl groups is 1. The fourth-order valence-corrected chi connectivity index (χ4v) is 2.73. The summed E-state index contributed by atoms with van der Waals surface area (Å²) in [5.41, 5.74) is 1.03. The Morgan fingerprint density at radius 2 is 2.17 bits per heavy atom. The van der Waals surface area contributed by atoms with Crippen LogP contribution in [0, 0.1) is 21.7 Å². The quantitative estimate of drug-likeness (QED) is 0.379. The third-order valence-corrected chi connectivity index (χ3v) is 3.68. The number of aryl methyl sites for hydroxylation is 1. The molecule has 0 saturated carbocycles. The molecule has 2 aromatic rings. The number of nitrogens with one attached hydrogen (secondary N) is 1. The summed E-state index contributed by atoms with van der Waals surface area (Å²) in [5.74, 6) is -0.808. The first-order valence-corrected chi connectivity index (χ1v) is 6.94. The Labute approximate surface area is 135 Å². The molecule has 1 aliphatic heterocycles. The maximum atomic E-state index is 12.0. The molecule has 0 saturated heterocycles. The van der Waals surface area contributed by atoms with Gasteiger partial charge in [0.05, 0.1) is 10.5 Å². The Morgan fingerprint density at radius 1 is 1.43 bits per heavy atom. The predicted molar refractivity (Wildman–Crippen MR) is 84.4 cm³/mol. The van der Waals surface area contributed by atoms with Crippen LogP contribution in [-0.4, -0.2) is 21.0 Å². The average molecular weight is 330 g/mol. The number of rotatable bonds is 2. The molecule has 0 amide bonds. The number of esters is 1. The van der Waals surface area contributed by atoms with Crippen LogP contribution in [0.5, 0.6) is 5.75 Å². The number of hydrogen-bond donors (Lipinski definition) is 2. The van der Waals surface area contributed by atoms with Crippen molar-refractivity contribution < 1.29 is 19.6 Å². The molecule has 7 nitrogen and oxygen atoms in total. The summed E-state index contributed by atoms with van der Waals surface area (Å²) in [6.07, 6.45) is 1.27. The first-order valence-electron chi connectivity index (χ1n) is 6.53. The van der Waals surface area contributed by atoms with Crippen LogP contribution in [0.15, 0.2) is 24.3 Å². The second kappa shape index (κ2) is 5.33. The van der Waals surface area contributed by atoms with E-state index in [9.17, 15) is 20.0 Å². The van der Waals surface area contributed by atoms with E-state index in [2.05, 4.69) is 4.98 Å². The van der Waals surface area contributed by atoms with Crippen LogP contribution in [0.1, 0.15) is 27.2 Å². The summed E-state index contributed by atoms with van der Waals surface area (Å²) in [5, 5.41) is 21.0. The van der Waals surface area contributed by atoms with Gasteiger partial charge in [-0.25, -0.2) is 4.79 Å². The van der Waals surface area contributed by atoms with Crippen LogP contribution in [0.2, 0.25) is 0 Å². The van der Waals surface area contributed by atoms with Crippen LogP contribution in [-0.2, 0) is 4.74 Å². The number of aromatic nitrogens is 1. The maximum Gasteiger partial charge on any atom is 0.347 e. The van der Waals surface area contributed by atoms with Crippen molar-refractivity contribution in [3.05, 3.63) is 61.4 Å². The van der Waals surface area contributed by atoms with Crippen molar-refractivity contribution >= 4 is 35.7 Å². The summed E-state index contributed by atoms with van der Waals surface area (Å²) >= 11 is 5.11. The number of phenolic OH excluding ortho intramolecular Hbond substituents is 1. The average Bonchev–Trinajstić information content (AvgIpc) is 2.77. The molecule has 0 fully saturated rings. The van der Waals surface area contributed by atoms with Crippen molar-refractivity contribution in [2.75, 3.05) is 0 Å². The molecule has 0 bridgehead atoms. The molecule has 8 heteroatoms. The lowest BCUT2D eigenvalue weighted by molar-refractivity contribution is -0.385. The van der Waals surface area contributed by atoms with Crippen LogP contribution >= 0.6 is 12.2 Å². The normalized spacial score (nSPS) is 14.7. The minimum Gasteiger partial charge on any atom is -0.507 e. The zero-order valence-corrected chi connectivity index (χ0v) is 12.6. The molecule has 1 aliphatic rings. The fraction of sp³-hybridized carbons (Fsp3) is 0.0667. The number of fused-ring (bicyclic) bond motifs is 1. The molecule has 0 aliphatic carbocycles. The largest absolute Gasteiger partial charge is 0.507 e. The third kappa shape index (κ3) is 2.49. The van der Waals surface area contributed by atoms with Gasteiger partial charge in [-0.05, 0) is 25.1 Å². The van der Waals surface area contributed by atoms with E-state index in [-0.39, 0.29) is 33.0 Å². The summed E-state index contributed by atoms with van der Waals surface area (Å²) in [6.45, 7) is 1.76. The Hall–Kier alpha value is -3.00. The van der Waals surface area contributed by atoms with Crippen molar-refractivity contribution in [2.24, 2.45) is 0 Å². The lowest BCUT2D eigenvalue weighted by Gasteiger charge is -2.03. The second-order valence-electron chi connectivity index (χ2n) is 4.94. The number of nitro benzene ring substituents is 1. The number of cyclic esters (lactones) is 1. The molecular weight excluding hydrogens is 320 g/mol. The molecule has 0 radical (unpaired) electrons. The molecule has 0 atom stereocenters. The molecule has 1 aromatic heterocycles. The number of hydrogen-bond acceptors (Lipinski definition) is 6. The second-order valence-corrected chi connectivity index (χ2v) is 5.34. The number of nitro groups is 1. The highest BCUT2D eigenvalue weighted by atomic mass is 32.1. The lowest BCUT2D eigenvalue weighted by atomic mass is 10.1. The summed E-state index contributed by atoms with van der Waals surface area (Å²) in [4.78, 5) is 25.3.